The highest BCUT2D eigenvalue weighted by atomic mass is 19.4. The van der Waals surface area contributed by atoms with Crippen molar-refractivity contribution in [2.45, 2.75) is 13.1 Å². The standard InChI is InChI=1S/C20H21F3N4O2/c1-14-3-2-4-15(11-14)19(29)25-13-18(28)27-9-7-26(8-10-27)17-6-5-16(12-24-17)20(21,22)23/h2-6,11-12H,7-10,13H2,1H3,(H,25,29)/p+1. The molecular weight excluding hydrogens is 385 g/mol. The lowest BCUT2D eigenvalue weighted by molar-refractivity contribution is -0.367. The summed E-state index contributed by atoms with van der Waals surface area (Å²) >= 11 is 0. The van der Waals surface area contributed by atoms with Gasteiger partial charge in [-0.15, -0.1) is 0 Å². The Labute approximate surface area is 166 Å². The van der Waals surface area contributed by atoms with Gasteiger partial charge in [0, 0.05) is 11.6 Å². The third kappa shape index (κ3) is 5.24. The maximum absolute atomic E-state index is 12.7. The smallest absolute Gasteiger partial charge is 0.343 e. The maximum atomic E-state index is 12.7. The van der Waals surface area contributed by atoms with Crippen LogP contribution in [0.3, 0.4) is 0 Å². The van der Waals surface area contributed by atoms with Crippen molar-refractivity contribution in [1.29, 1.82) is 0 Å². The van der Waals surface area contributed by atoms with Gasteiger partial charge in [-0.1, -0.05) is 17.7 Å². The third-order valence-electron chi connectivity index (χ3n) is 4.78. The number of nitrogens with zero attached hydrogens (tertiary/aromatic N) is 2. The lowest BCUT2D eigenvalue weighted by Crippen LogP contribution is -2.52. The van der Waals surface area contributed by atoms with Crippen LogP contribution in [0.2, 0.25) is 0 Å². The fraction of sp³-hybridized carbons (Fsp3) is 0.350. The van der Waals surface area contributed by atoms with Crippen LogP contribution in [-0.4, -0.2) is 49.4 Å². The Bertz CT molecular complexity index is 876. The number of halogens is 3. The summed E-state index contributed by atoms with van der Waals surface area (Å²) in [5, 5.41) is 2.63. The second-order valence-corrected chi connectivity index (χ2v) is 6.88. The Morgan fingerprint density at radius 3 is 2.41 bits per heavy atom. The van der Waals surface area contributed by atoms with Crippen molar-refractivity contribution < 1.29 is 27.7 Å². The molecule has 0 spiro atoms. The van der Waals surface area contributed by atoms with Gasteiger partial charge in [-0.25, -0.2) is 4.98 Å². The van der Waals surface area contributed by atoms with E-state index in [0.29, 0.717) is 37.6 Å². The number of hydrogen-bond acceptors (Lipinski definition) is 3. The van der Waals surface area contributed by atoms with E-state index in [2.05, 4.69) is 10.3 Å². The topological polar surface area (TPSA) is 66.8 Å². The van der Waals surface area contributed by atoms with Crippen LogP contribution in [-0.2, 0) is 11.0 Å². The summed E-state index contributed by atoms with van der Waals surface area (Å²) in [4.78, 5) is 30.7. The summed E-state index contributed by atoms with van der Waals surface area (Å²) in [6, 6.07) is 9.52. The van der Waals surface area contributed by atoms with Crippen LogP contribution in [0.25, 0.3) is 0 Å². The summed E-state index contributed by atoms with van der Waals surface area (Å²) in [5.74, 6) is 0.0694. The van der Waals surface area contributed by atoms with Crippen molar-refractivity contribution in [2.75, 3.05) is 37.6 Å². The SMILES string of the molecule is Cc1cccc(C(=O)NCC(=O)N2CCN(c3ccc(C(F)(F)F)c[nH+]3)CC2)c1. The van der Waals surface area contributed by atoms with Crippen molar-refractivity contribution in [3.8, 4) is 0 Å². The second-order valence-electron chi connectivity index (χ2n) is 6.88. The zero-order valence-corrected chi connectivity index (χ0v) is 15.9. The van der Waals surface area contributed by atoms with Crippen LogP contribution >= 0.6 is 0 Å². The molecule has 1 fully saturated rings. The molecule has 0 saturated carbocycles. The van der Waals surface area contributed by atoms with E-state index in [1.165, 1.54) is 6.07 Å². The van der Waals surface area contributed by atoms with Crippen LogP contribution in [0.1, 0.15) is 21.5 Å². The molecule has 9 heteroatoms. The van der Waals surface area contributed by atoms with E-state index in [1.54, 1.807) is 23.1 Å². The minimum Gasteiger partial charge on any atom is -0.343 e. The van der Waals surface area contributed by atoms with E-state index >= 15 is 0 Å². The van der Waals surface area contributed by atoms with Crippen molar-refractivity contribution in [1.82, 2.24) is 10.2 Å². The molecule has 1 aromatic heterocycles. The molecule has 1 aliphatic heterocycles. The first-order valence-electron chi connectivity index (χ1n) is 9.20. The van der Waals surface area contributed by atoms with Crippen molar-refractivity contribution >= 4 is 17.6 Å². The van der Waals surface area contributed by atoms with Gasteiger partial charge in [-0.3, -0.25) is 14.5 Å². The highest BCUT2D eigenvalue weighted by Crippen LogP contribution is 2.28. The number of piperazine rings is 1. The number of hydrogen-bond donors (Lipinski definition) is 1. The number of aromatic amines is 1. The first-order valence-corrected chi connectivity index (χ1v) is 9.20. The Balaban J connectivity index is 1.48. The normalized spacial score (nSPS) is 14.6. The summed E-state index contributed by atoms with van der Waals surface area (Å²) in [6.07, 6.45) is -3.45. The number of pyridine rings is 1. The average molecular weight is 407 g/mol. The number of benzene rings is 1. The molecule has 0 radical (unpaired) electrons. The second kappa shape index (κ2) is 8.50. The summed E-state index contributed by atoms with van der Waals surface area (Å²) in [6.45, 7) is 3.61. The zero-order valence-electron chi connectivity index (χ0n) is 15.9. The molecule has 1 aliphatic rings. The average Bonchev–Trinajstić information content (AvgIpc) is 2.71. The Kier molecular flexibility index (Phi) is 6.05. The molecule has 29 heavy (non-hydrogen) atoms. The van der Waals surface area contributed by atoms with Gasteiger partial charge in [0.25, 0.3) is 11.7 Å². The van der Waals surface area contributed by atoms with Gasteiger partial charge < -0.3 is 10.2 Å². The Hall–Kier alpha value is -3.10. The number of amides is 2. The maximum Gasteiger partial charge on any atom is 0.419 e. The van der Waals surface area contributed by atoms with Gasteiger partial charge in [0.2, 0.25) is 5.91 Å². The quantitative estimate of drug-likeness (QED) is 0.842. The van der Waals surface area contributed by atoms with Crippen LogP contribution in [0.15, 0.2) is 42.6 Å². The van der Waals surface area contributed by atoms with E-state index in [1.807, 2.05) is 17.9 Å². The third-order valence-corrected chi connectivity index (χ3v) is 4.78. The molecule has 2 heterocycles. The van der Waals surface area contributed by atoms with Gasteiger partial charge in [0.05, 0.1) is 25.2 Å². The number of aromatic nitrogens is 1. The number of H-pyrrole nitrogens is 1. The summed E-state index contributed by atoms with van der Waals surface area (Å²) in [7, 11) is 0. The molecule has 6 nitrogen and oxygen atoms in total. The van der Waals surface area contributed by atoms with E-state index in [0.717, 1.165) is 17.8 Å². The fourth-order valence-corrected chi connectivity index (χ4v) is 3.14. The molecule has 2 aromatic rings. The Morgan fingerprint density at radius 2 is 1.83 bits per heavy atom. The van der Waals surface area contributed by atoms with Gasteiger partial charge >= 0.3 is 6.18 Å². The first kappa shape index (κ1) is 20.6. The zero-order chi connectivity index (χ0) is 21.0. The van der Waals surface area contributed by atoms with Gasteiger partial charge in [-0.05, 0) is 25.1 Å². The van der Waals surface area contributed by atoms with Crippen LogP contribution < -0.4 is 15.2 Å². The molecule has 1 saturated heterocycles. The minimum absolute atomic E-state index is 0.0980. The number of carbonyl (C=O) groups excluding carboxylic acids is 2. The molecule has 0 bridgehead atoms. The number of aryl methyl sites for hydroxylation is 1. The molecule has 0 atom stereocenters. The van der Waals surface area contributed by atoms with E-state index in [4.69, 9.17) is 0 Å². The molecule has 0 aliphatic carbocycles. The molecule has 1 aromatic carbocycles. The lowest BCUT2D eigenvalue weighted by Gasteiger charge is -2.31. The number of alkyl halides is 3. The van der Waals surface area contributed by atoms with E-state index in [-0.39, 0.29) is 18.4 Å². The lowest BCUT2D eigenvalue weighted by atomic mass is 10.1. The molecule has 3 rings (SSSR count). The predicted molar refractivity (Wildman–Crippen MR) is 100 cm³/mol. The van der Waals surface area contributed by atoms with Crippen LogP contribution in [0, 0.1) is 6.92 Å². The number of rotatable bonds is 4. The minimum atomic E-state index is -4.39. The van der Waals surface area contributed by atoms with E-state index in [9.17, 15) is 22.8 Å². The fourth-order valence-electron chi connectivity index (χ4n) is 3.14. The number of carbonyl (C=O) groups is 2. The largest absolute Gasteiger partial charge is 0.419 e. The summed E-state index contributed by atoms with van der Waals surface area (Å²) in [5.41, 5.74) is 0.722. The van der Waals surface area contributed by atoms with Crippen LogP contribution in [0.5, 0.6) is 0 Å². The molecule has 0 unspecified atom stereocenters. The predicted octanol–water partition coefficient (Wildman–Crippen LogP) is 1.91. The highest BCUT2D eigenvalue weighted by molar-refractivity contribution is 5.96. The number of nitrogens with one attached hydrogen (secondary N) is 2. The van der Waals surface area contributed by atoms with Crippen LogP contribution in [0.4, 0.5) is 19.0 Å². The Morgan fingerprint density at radius 1 is 1.10 bits per heavy atom. The van der Waals surface area contributed by atoms with Gasteiger partial charge in [-0.2, -0.15) is 13.2 Å². The van der Waals surface area contributed by atoms with Crippen molar-refractivity contribution in [3.63, 3.8) is 0 Å². The first-order chi connectivity index (χ1) is 13.7. The van der Waals surface area contributed by atoms with Gasteiger partial charge in [0.1, 0.15) is 19.3 Å². The molecule has 2 amide bonds. The van der Waals surface area contributed by atoms with Crippen molar-refractivity contribution in [2.24, 2.45) is 0 Å². The van der Waals surface area contributed by atoms with E-state index < -0.39 is 11.7 Å². The highest BCUT2D eigenvalue weighted by Gasteiger charge is 2.33. The van der Waals surface area contributed by atoms with Gasteiger partial charge in [0.15, 0.2) is 0 Å². The molecule has 154 valence electrons. The summed E-state index contributed by atoms with van der Waals surface area (Å²) < 4.78 is 38.0. The molecule has 2 N–H and O–H groups in total. The van der Waals surface area contributed by atoms with Crippen molar-refractivity contribution in [3.05, 3.63) is 59.3 Å². The number of anilines is 1. The monoisotopic (exact) mass is 407 g/mol. The molecular formula is C20H22F3N4O2+.